The molecule has 3 aromatic rings. The lowest BCUT2D eigenvalue weighted by molar-refractivity contribution is 0.0874. The fourth-order valence-corrected chi connectivity index (χ4v) is 3.72. The number of pyridine rings is 1. The van der Waals surface area contributed by atoms with Crippen molar-refractivity contribution < 1.29 is 19.2 Å². The largest absolute Gasteiger partial charge is 0.384 e. The minimum Gasteiger partial charge on any atom is -0.384 e. The van der Waals surface area contributed by atoms with Crippen molar-refractivity contribution >= 4 is 35.1 Å². The van der Waals surface area contributed by atoms with Gasteiger partial charge in [-0.3, -0.25) is 33.9 Å². The molecule has 146 valence electrons. The fourth-order valence-electron chi connectivity index (χ4n) is 3.72. The summed E-state index contributed by atoms with van der Waals surface area (Å²) in [4.78, 5) is 62.6. The minimum atomic E-state index is -0.677. The lowest BCUT2D eigenvalue weighted by atomic mass is 10.1. The second-order valence-corrected chi connectivity index (χ2v) is 6.78. The lowest BCUT2D eigenvalue weighted by Crippen LogP contribution is -2.29. The lowest BCUT2D eigenvalue weighted by Gasteiger charge is -2.16. The van der Waals surface area contributed by atoms with E-state index in [2.05, 4.69) is 5.32 Å². The molecule has 0 radical (unpaired) electrons. The van der Waals surface area contributed by atoms with Crippen molar-refractivity contribution in [3.05, 3.63) is 87.2 Å². The Morgan fingerprint density at radius 3 is 1.87 bits per heavy atom. The summed E-state index contributed by atoms with van der Waals surface area (Å²) in [6.07, 6.45) is 0. The molecule has 1 aromatic heterocycles. The van der Waals surface area contributed by atoms with Crippen LogP contribution in [0.15, 0.2) is 59.4 Å². The van der Waals surface area contributed by atoms with Gasteiger partial charge in [0.25, 0.3) is 29.2 Å². The number of aromatic nitrogens is 1. The van der Waals surface area contributed by atoms with E-state index in [4.69, 9.17) is 5.73 Å². The molecule has 0 aliphatic carbocycles. The van der Waals surface area contributed by atoms with E-state index in [9.17, 15) is 24.0 Å². The molecule has 3 heterocycles. The summed E-state index contributed by atoms with van der Waals surface area (Å²) in [5.74, 6) is -2.40. The van der Waals surface area contributed by atoms with Gasteiger partial charge in [-0.25, -0.2) is 4.90 Å². The third kappa shape index (κ3) is 2.26. The fraction of sp³-hybridized carbons (Fsp3) is 0. The molecular weight excluding hydrogens is 388 g/mol. The molecule has 0 fully saturated rings. The van der Waals surface area contributed by atoms with Gasteiger partial charge >= 0.3 is 0 Å². The zero-order valence-corrected chi connectivity index (χ0v) is 15.2. The van der Waals surface area contributed by atoms with Crippen LogP contribution in [0.25, 0.3) is 5.69 Å². The van der Waals surface area contributed by atoms with Gasteiger partial charge in [-0.15, -0.1) is 0 Å². The summed E-state index contributed by atoms with van der Waals surface area (Å²) in [6.45, 7) is 0. The average molecular weight is 400 g/mol. The summed E-state index contributed by atoms with van der Waals surface area (Å²) in [6, 6.07) is 13.6. The summed E-state index contributed by atoms with van der Waals surface area (Å²) in [7, 11) is 0. The van der Waals surface area contributed by atoms with Crippen molar-refractivity contribution in [1.29, 1.82) is 0 Å². The first kappa shape index (κ1) is 17.6. The van der Waals surface area contributed by atoms with Gasteiger partial charge in [-0.1, -0.05) is 12.1 Å². The van der Waals surface area contributed by atoms with E-state index in [1.807, 2.05) is 0 Å². The van der Waals surface area contributed by atoms with E-state index in [1.165, 1.54) is 24.3 Å². The van der Waals surface area contributed by atoms with Crippen LogP contribution in [-0.4, -0.2) is 28.2 Å². The molecule has 4 amide bonds. The number of anilines is 2. The SMILES string of the molecule is Nc1c2c(cc(=O)n1-c1ccc(N3C(=O)c4ccccc4C3=O)cc1)C(=O)NC2=O. The van der Waals surface area contributed by atoms with E-state index in [-0.39, 0.29) is 16.9 Å². The predicted molar refractivity (Wildman–Crippen MR) is 106 cm³/mol. The smallest absolute Gasteiger partial charge is 0.266 e. The maximum Gasteiger partial charge on any atom is 0.266 e. The Hall–Kier alpha value is -4.53. The van der Waals surface area contributed by atoms with Crippen LogP contribution in [0, 0.1) is 0 Å². The molecule has 0 spiro atoms. The first-order valence-corrected chi connectivity index (χ1v) is 8.88. The Morgan fingerprint density at radius 1 is 0.700 bits per heavy atom. The van der Waals surface area contributed by atoms with Crippen LogP contribution in [0.3, 0.4) is 0 Å². The molecule has 0 atom stereocenters. The molecular formula is C21H12N4O5. The highest BCUT2D eigenvalue weighted by Crippen LogP contribution is 2.29. The van der Waals surface area contributed by atoms with E-state index in [0.29, 0.717) is 22.5 Å². The van der Waals surface area contributed by atoms with E-state index in [0.717, 1.165) is 15.5 Å². The van der Waals surface area contributed by atoms with Gasteiger partial charge in [0.15, 0.2) is 0 Å². The molecule has 3 N–H and O–H groups in total. The Morgan fingerprint density at radius 2 is 1.27 bits per heavy atom. The van der Waals surface area contributed by atoms with Gasteiger partial charge in [0.1, 0.15) is 5.82 Å². The molecule has 0 saturated heterocycles. The minimum absolute atomic E-state index is 0.0657. The number of benzene rings is 2. The van der Waals surface area contributed by atoms with Crippen LogP contribution < -0.4 is 21.5 Å². The average Bonchev–Trinajstić information content (AvgIpc) is 3.15. The second kappa shape index (κ2) is 5.98. The van der Waals surface area contributed by atoms with Crippen molar-refractivity contribution in [2.45, 2.75) is 0 Å². The molecule has 2 aromatic carbocycles. The number of carbonyl (C=O) groups excluding carboxylic acids is 4. The molecule has 0 saturated carbocycles. The number of nitrogens with zero attached hydrogens (tertiary/aromatic N) is 2. The van der Waals surface area contributed by atoms with Gasteiger partial charge in [0.05, 0.1) is 33.6 Å². The topological polar surface area (TPSA) is 132 Å². The third-order valence-electron chi connectivity index (χ3n) is 5.11. The van der Waals surface area contributed by atoms with Gasteiger partial charge in [0.2, 0.25) is 0 Å². The number of nitrogens with two attached hydrogens (primary N) is 1. The third-order valence-corrected chi connectivity index (χ3v) is 5.11. The highest BCUT2D eigenvalue weighted by atomic mass is 16.2. The number of imide groups is 2. The zero-order valence-electron chi connectivity index (χ0n) is 15.2. The molecule has 2 aliphatic rings. The van der Waals surface area contributed by atoms with Crippen molar-refractivity contribution in [3.8, 4) is 5.69 Å². The number of carbonyl (C=O) groups is 4. The zero-order chi connectivity index (χ0) is 21.2. The standard InChI is InChI=1S/C21H12N4O5/c22-17-16-14(18(27)23-19(16)28)9-15(26)24(17)10-5-7-11(8-6-10)25-20(29)12-3-1-2-4-13(12)21(25)30/h1-9H,22H2,(H,23,27,28). The summed E-state index contributed by atoms with van der Waals surface area (Å²) in [5.41, 5.74) is 6.57. The van der Waals surface area contributed by atoms with Gasteiger partial charge in [-0.05, 0) is 36.4 Å². The number of rotatable bonds is 2. The monoisotopic (exact) mass is 400 g/mol. The van der Waals surface area contributed by atoms with Crippen molar-refractivity contribution in [2.75, 3.05) is 10.6 Å². The molecule has 30 heavy (non-hydrogen) atoms. The molecule has 9 heteroatoms. The van der Waals surface area contributed by atoms with E-state index >= 15 is 0 Å². The molecule has 9 nitrogen and oxygen atoms in total. The van der Waals surface area contributed by atoms with E-state index in [1.54, 1.807) is 24.3 Å². The number of fused-ring (bicyclic) bond motifs is 2. The highest BCUT2D eigenvalue weighted by Gasteiger charge is 2.36. The first-order valence-electron chi connectivity index (χ1n) is 8.88. The van der Waals surface area contributed by atoms with Crippen molar-refractivity contribution in [1.82, 2.24) is 9.88 Å². The first-order chi connectivity index (χ1) is 14.4. The Balaban J connectivity index is 1.57. The summed E-state index contributed by atoms with van der Waals surface area (Å²) < 4.78 is 1.09. The maximum atomic E-state index is 12.6. The number of hydrogen-bond donors (Lipinski definition) is 2. The van der Waals surface area contributed by atoms with Crippen molar-refractivity contribution in [3.63, 3.8) is 0 Å². The van der Waals surface area contributed by atoms with Gasteiger partial charge < -0.3 is 5.73 Å². The quantitative estimate of drug-likeness (QED) is 0.620. The van der Waals surface area contributed by atoms with Crippen LogP contribution in [0.1, 0.15) is 41.4 Å². The second-order valence-electron chi connectivity index (χ2n) is 6.78. The highest BCUT2D eigenvalue weighted by molar-refractivity contribution is 6.34. The van der Waals surface area contributed by atoms with Crippen LogP contribution in [0.4, 0.5) is 11.5 Å². The Kier molecular flexibility index (Phi) is 3.50. The molecule has 0 unspecified atom stereocenters. The van der Waals surface area contributed by atoms with Crippen LogP contribution in [0.2, 0.25) is 0 Å². The molecule has 0 bridgehead atoms. The van der Waals surface area contributed by atoms with Crippen LogP contribution in [-0.2, 0) is 0 Å². The summed E-state index contributed by atoms with van der Waals surface area (Å²) in [5, 5.41) is 2.10. The Labute approximate surface area is 168 Å². The normalized spacial score (nSPS) is 14.7. The molecule has 2 aliphatic heterocycles. The summed E-state index contributed by atoms with van der Waals surface area (Å²) >= 11 is 0. The number of amides is 4. The van der Waals surface area contributed by atoms with E-state index < -0.39 is 29.2 Å². The van der Waals surface area contributed by atoms with Gasteiger partial charge in [0, 0.05) is 6.07 Å². The maximum absolute atomic E-state index is 12.6. The van der Waals surface area contributed by atoms with Crippen molar-refractivity contribution in [2.24, 2.45) is 0 Å². The number of nitrogen functional groups attached to an aromatic ring is 1. The number of hydrogen-bond acceptors (Lipinski definition) is 6. The number of nitrogens with one attached hydrogen (secondary N) is 1. The van der Waals surface area contributed by atoms with Gasteiger partial charge in [-0.2, -0.15) is 0 Å². The Bertz CT molecular complexity index is 1340. The van der Waals surface area contributed by atoms with Crippen LogP contribution >= 0.6 is 0 Å². The molecule has 5 rings (SSSR count). The van der Waals surface area contributed by atoms with Crippen LogP contribution in [0.5, 0.6) is 0 Å². The predicted octanol–water partition coefficient (Wildman–Crippen LogP) is 1.10.